The minimum atomic E-state index is -0.564. The average Bonchev–Trinajstić information content (AvgIpc) is 2.64. The van der Waals surface area contributed by atoms with Gasteiger partial charge in [0.05, 0.1) is 7.11 Å². The van der Waals surface area contributed by atoms with E-state index < -0.39 is 5.97 Å². The molecule has 2 aromatic carbocycles. The molecule has 0 atom stereocenters. The molecule has 0 saturated heterocycles. The minimum Gasteiger partial charge on any atom is -0.496 e. The number of methoxy groups -OCH3 is 1. The first-order valence-electron chi connectivity index (χ1n) is 7.47. The van der Waals surface area contributed by atoms with Crippen molar-refractivity contribution in [3.05, 3.63) is 71.8 Å². The molecule has 24 heavy (non-hydrogen) atoms. The molecular formula is C19H19NO4. The van der Waals surface area contributed by atoms with E-state index in [1.54, 1.807) is 13.2 Å². The van der Waals surface area contributed by atoms with Crippen molar-refractivity contribution in [1.82, 2.24) is 5.32 Å². The number of carbonyl (C=O) groups is 2. The molecule has 0 spiro atoms. The number of carbonyl (C=O) groups excluding carboxylic acids is 2. The lowest BCUT2D eigenvalue weighted by atomic mass is 10.2. The van der Waals surface area contributed by atoms with Gasteiger partial charge < -0.3 is 14.8 Å². The first-order chi connectivity index (χ1) is 11.7. The quantitative estimate of drug-likeness (QED) is 0.628. The maximum Gasteiger partial charge on any atom is 0.331 e. The number of rotatable bonds is 7. The van der Waals surface area contributed by atoms with E-state index in [0.717, 1.165) is 11.1 Å². The van der Waals surface area contributed by atoms with E-state index in [-0.39, 0.29) is 12.5 Å². The molecule has 0 aromatic heterocycles. The van der Waals surface area contributed by atoms with E-state index in [0.29, 0.717) is 12.3 Å². The molecular weight excluding hydrogens is 306 g/mol. The maximum absolute atomic E-state index is 11.7. The van der Waals surface area contributed by atoms with E-state index in [1.165, 1.54) is 6.08 Å². The van der Waals surface area contributed by atoms with Crippen molar-refractivity contribution in [1.29, 1.82) is 0 Å². The lowest BCUT2D eigenvalue weighted by Crippen LogP contribution is -2.28. The Morgan fingerprint density at radius 1 is 1.04 bits per heavy atom. The monoisotopic (exact) mass is 325 g/mol. The van der Waals surface area contributed by atoms with Crippen molar-refractivity contribution in [2.24, 2.45) is 0 Å². The zero-order valence-corrected chi connectivity index (χ0v) is 13.4. The Morgan fingerprint density at radius 2 is 1.75 bits per heavy atom. The predicted molar refractivity (Wildman–Crippen MR) is 91.3 cm³/mol. The van der Waals surface area contributed by atoms with E-state index in [1.807, 2.05) is 54.6 Å². The Kier molecular flexibility index (Phi) is 6.58. The Hall–Kier alpha value is -3.08. The maximum atomic E-state index is 11.7. The van der Waals surface area contributed by atoms with E-state index >= 15 is 0 Å². The number of hydrogen-bond donors (Lipinski definition) is 1. The molecule has 124 valence electrons. The van der Waals surface area contributed by atoms with Crippen LogP contribution in [-0.4, -0.2) is 25.6 Å². The van der Waals surface area contributed by atoms with E-state index in [9.17, 15) is 9.59 Å². The molecule has 0 aliphatic rings. The zero-order valence-electron chi connectivity index (χ0n) is 13.4. The van der Waals surface area contributed by atoms with Gasteiger partial charge in [-0.05, 0) is 17.7 Å². The number of amides is 1. The summed E-state index contributed by atoms with van der Waals surface area (Å²) in [6.07, 6.45) is 2.93. The lowest BCUT2D eigenvalue weighted by molar-refractivity contribution is -0.143. The summed E-state index contributed by atoms with van der Waals surface area (Å²) >= 11 is 0. The number of esters is 1. The van der Waals surface area contributed by atoms with Crippen molar-refractivity contribution in [3.63, 3.8) is 0 Å². The van der Waals surface area contributed by atoms with E-state index in [2.05, 4.69) is 5.32 Å². The number of ether oxygens (including phenoxy) is 2. The summed E-state index contributed by atoms with van der Waals surface area (Å²) in [5.74, 6) is -0.241. The highest BCUT2D eigenvalue weighted by molar-refractivity contribution is 5.89. The van der Waals surface area contributed by atoms with Gasteiger partial charge in [-0.15, -0.1) is 0 Å². The number of nitrogens with one attached hydrogen (secondary N) is 1. The standard InChI is InChI=1S/C19H19NO4/c1-23-17-10-6-5-9-16(17)13-20-18(21)14-24-19(22)12-11-15-7-3-2-4-8-15/h2-12H,13-14H2,1H3,(H,20,21)/b12-11+. The van der Waals surface area contributed by atoms with Crippen LogP contribution in [0.4, 0.5) is 0 Å². The fourth-order valence-corrected chi connectivity index (χ4v) is 2.01. The third-order valence-corrected chi connectivity index (χ3v) is 3.23. The van der Waals surface area contributed by atoms with Gasteiger partial charge in [0.1, 0.15) is 5.75 Å². The second kappa shape index (κ2) is 9.15. The van der Waals surface area contributed by atoms with Crippen LogP contribution in [0.25, 0.3) is 6.08 Å². The van der Waals surface area contributed by atoms with Gasteiger partial charge in [0, 0.05) is 18.2 Å². The fraction of sp³-hybridized carbons (Fsp3) is 0.158. The van der Waals surface area contributed by atoms with Crippen molar-refractivity contribution >= 4 is 18.0 Å². The Morgan fingerprint density at radius 3 is 2.50 bits per heavy atom. The van der Waals surface area contributed by atoms with Gasteiger partial charge in [0.2, 0.25) is 0 Å². The van der Waals surface area contributed by atoms with Crippen LogP contribution >= 0.6 is 0 Å². The molecule has 2 rings (SSSR count). The molecule has 0 saturated carbocycles. The number of hydrogen-bond acceptors (Lipinski definition) is 4. The third kappa shape index (κ3) is 5.61. The van der Waals surface area contributed by atoms with Crippen LogP contribution in [0, 0.1) is 0 Å². The van der Waals surface area contributed by atoms with Gasteiger partial charge in [0.25, 0.3) is 5.91 Å². The molecule has 1 N–H and O–H groups in total. The second-order valence-corrected chi connectivity index (χ2v) is 4.94. The van der Waals surface area contributed by atoms with E-state index in [4.69, 9.17) is 9.47 Å². The van der Waals surface area contributed by atoms with Gasteiger partial charge in [-0.1, -0.05) is 48.5 Å². The minimum absolute atomic E-state index is 0.306. The van der Waals surface area contributed by atoms with Crippen molar-refractivity contribution in [2.75, 3.05) is 13.7 Å². The van der Waals surface area contributed by atoms with Crippen LogP contribution in [0.15, 0.2) is 60.7 Å². The van der Waals surface area contributed by atoms with Crippen molar-refractivity contribution in [3.8, 4) is 5.75 Å². The van der Waals surface area contributed by atoms with Gasteiger partial charge in [-0.3, -0.25) is 4.79 Å². The molecule has 0 radical (unpaired) electrons. The first kappa shape index (κ1) is 17.3. The van der Waals surface area contributed by atoms with Crippen LogP contribution in [0.2, 0.25) is 0 Å². The summed E-state index contributed by atoms with van der Waals surface area (Å²) in [4.78, 5) is 23.3. The fourth-order valence-electron chi connectivity index (χ4n) is 2.01. The highest BCUT2D eigenvalue weighted by Crippen LogP contribution is 2.16. The largest absolute Gasteiger partial charge is 0.496 e. The van der Waals surface area contributed by atoms with Gasteiger partial charge in [-0.2, -0.15) is 0 Å². The Bertz CT molecular complexity index is 710. The average molecular weight is 325 g/mol. The smallest absolute Gasteiger partial charge is 0.331 e. The second-order valence-electron chi connectivity index (χ2n) is 4.94. The lowest BCUT2D eigenvalue weighted by Gasteiger charge is -2.09. The molecule has 5 nitrogen and oxygen atoms in total. The molecule has 0 heterocycles. The molecule has 2 aromatic rings. The summed E-state index contributed by atoms with van der Waals surface area (Å²) in [7, 11) is 1.57. The van der Waals surface area contributed by atoms with Gasteiger partial charge in [-0.25, -0.2) is 4.79 Å². The summed E-state index contributed by atoms with van der Waals surface area (Å²) in [5, 5.41) is 2.68. The summed E-state index contributed by atoms with van der Waals surface area (Å²) < 4.78 is 10.1. The normalized spacial score (nSPS) is 10.4. The topological polar surface area (TPSA) is 64.6 Å². The molecule has 0 aliphatic carbocycles. The molecule has 5 heteroatoms. The highest BCUT2D eigenvalue weighted by Gasteiger charge is 2.07. The molecule has 0 fully saturated rings. The van der Waals surface area contributed by atoms with Crippen LogP contribution in [0.3, 0.4) is 0 Å². The van der Waals surface area contributed by atoms with Gasteiger partial charge >= 0.3 is 5.97 Å². The summed E-state index contributed by atoms with van der Waals surface area (Å²) in [6.45, 7) is -0.0205. The molecule has 1 amide bonds. The third-order valence-electron chi connectivity index (χ3n) is 3.23. The van der Waals surface area contributed by atoms with Crippen LogP contribution in [0.1, 0.15) is 11.1 Å². The number of para-hydroxylation sites is 1. The zero-order chi connectivity index (χ0) is 17.2. The van der Waals surface area contributed by atoms with Crippen LogP contribution in [0.5, 0.6) is 5.75 Å². The first-order valence-corrected chi connectivity index (χ1v) is 7.47. The Labute approximate surface area is 140 Å². The summed E-state index contributed by atoms with van der Waals surface area (Å²) in [5.41, 5.74) is 1.73. The number of benzene rings is 2. The molecule has 0 aliphatic heterocycles. The molecule has 0 unspecified atom stereocenters. The Balaban J connectivity index is 1.75. The SMILES string of the molecule is COc1ccccc1CNC(=O)COC(=O)/C=C/c1ccccc1. The van der Waals surface area contributed by atoms with Crippen molar-refractivity contribution < 1.29 is 19.1 Å². The molecule has 0 bridgehead atoms. The predicted octanol–water partition coefficient (Wildman–Crippen LogP) is 2.57. The highest BCUT2D eigenvalue weighted by atomic mass is 16.5. The summed E-state index contributed by atoms with van der Waals surface area (Å²) in [6, 6.07) is 16.7. The van der Waals surface area contributed by atoms with Gasteiger partial charge in [0.15, 0.2) is 6.61 Å². The van der Waals surface area contributed by atoms with Crippen LogP contribution < -0.4 is 10.1 Å². The van der Waals surface area contributed by atoms with Crippen molar-refractivity contribution in [2.45, 2.75) is 6.54 Å². The van der Waals surface area contributed by atoms with Crippen LogP contribution in [-0.2, 0) is 20.9 Å².